The summed E-state index contributed by atoms with van der Waals surface area (Å²) in [7, 11) is 0. The molecule has 0 aliphatic heterocycles. The van der Waals surface area contributed by atoms with Crippen molar-refractivity contribution in [2.45, 2.75) is 102 Å². The molecule has 0 fully saturated rings. The number of hydrogen-bond donors (Lipinski definition) is 0. The first-order valence-electron chi connectivity index (χ1n) is 12.6. The van der Waals surface area contributed by atoms with Gasteiger partial charge in [0, 0.05) is 0 Å². The van der Waals surface area contributed by atoms with Crippen LogP contribution in [0.1, 0.15) is 106 Å². The van der Waals surface area contributed by atoms with Gasteiger partial charge in [-0.05, 0) is 65.5 Å². The van der Waals surface area contributed by atoms with Gasteiger partial charge in [0.1, 0.15) is 0 Å². The summed E-state index contributed by atoms with van der Waals surface area (Å²) in [6.45, 7) is 37.7. The van der Waals surface area contributed by atoms with Crippen molar-refractivity contribution in [3.8, 4) is 0 Å². The molecule has 0 saturated carbocycles. The highest BCUT2D eigenvalue weighted by Gasteiger charge is 1.99. The molecule has 0 aromatic heterocycles. The van der Waals surface area contributed by atoms with Crippen LogP contribution in [-0.4, -0.2) is 0 Å². The Kier molecular flexibility index (Phi) is 31.8. The first-order valence-corrected chi connectivity index (χ1v) is 12.6. The van der Waals surface area contributed by atoms with Crippen molar-refractivity contribution in [1.82, 2.24) is 0 Å². The van der Waals surface area contributed by atoms with E-state index in [4.69, 9.17) is 0 Å². The first kappa shape index (κ1) is 37.9. The molecule has 1 rings (SSSR count). The normalized spacial score (nSPS) is 9.00. The average molecular weight is 453 g/mol. The highest BCUT2D eigenvalue weighted by Crippen LogP contribution is 2.19. The molecule has 1 aromatic carbocycles. The van der Waals surface area contributed by atoms with E-state index in [1.807, 2.05) is 47.6 Å². The molecule has 0 N–H and O–H groups in total. The van der Waals surface area contributed by atoms with Gasteiger partial charge in [-0.3, -0.25) is 0 Å². The van der Waals surface area contributed by atoms with E-state index in [1.54, 1.807) is 12.2 Å². The number of allylic oxidation sites excluding steroid dienone is 8. The second-order valence-corrected chi connectivity index (χ2v) is 7.71. The van der Waals surface area contributed by atoms with Gasteiger partial charge in [-0.2, -0.15) is 0 Å². The van der Waals surface area contributed by atoms with Gasteiger partial charge in [0.25, 0.3) is 0 Å². The van der Waals surface area contributed by atoms with Crippen LogP contribution in [0.15, 0.2) is 91.1 Å². The van der Waals surface area contributed by atoms with Crippen LogP contribution in [-0.2, 0) is 0 Å². The van der Waals surface area contributed by atoms with Crippen LogP contribution in [0.2, 0.25) is 0 Å². The fraction of sp³-hybridized carbons (Fsp3) is 0.455. The highest BCUT2D eigenvalue weighted by molar-refractivity contribution is 5.61. The van der Waals surface area contributed by atoms with Crippen LogP contribution in [0.25, 0.3) is 5.57 Å². The molecule has 0 heterocycles. The zero-order valence-electron chi connectivity index (χ0n) is 24.2. The van der Waals surface area contributed by atoms with E-state index in [2.05, 4.69) is 85.2 Å². The zero-order chi connectivity index (χ0) is 26.8. The molecular weight excluding hydrogens is 396 g/mol. The maximum absolute atomic E-state index is 4.00. The van der Waals surface area contributed by atoms with Gasteiger partial charge in [0.2, 0.25) is 0 Å². The maximum atomic E-state index is 4.00. The molecule has 0 bridgehead atoms. The Morgan fingerprint density at radius 3 is 1.58 bits per heavy atom. The fourth-order valence-corrected chi connectivity index (χ4v) is 2.53. The summed E-state index contributed by atoms with van der Waals surface area (Å²) in [5.41, 5.74) is 8.94. The number of hydrogen-bond acceptors (Lipinski definition) is 0. The monoisotopic (exact) mass is 452 g/mol. The van der Waals surface area contributed by atoms with Crippen molar-refractivity contribution in [2.75, 3.05) is 0 Å². The molecule has 1 aromatic rings. The van der Waals surface area contributed by atoms with Crippen molar-refractivity contribution < 1.29 is 0 Å². The van der Waals surface area contributed by atoms with Crippen LogP contribution in [0.4, 0.5) is 0 Å². The summed E-state index contributed by atoms with van der Waals surface area (Å²) >= 11 is 0. The van der Waals surface area contributed by atoms with Gasteiger partial charge in [-0.1, -0.05) is 144 Å². The third kappa shape index (κ3) is 25.8. The Hall–Kier alpha value is -2.34. The van der Waals surface area contributed by atoms with Crippen LogP contribution >= 0.6 is 0 Å². The molecule has 0 amide bonds. The van der Waals surface area contributed by atoms with Crippen LogP contribution in [0, 0.1) is 6.92 Å². The van der Waals surface area contributed by atoms with Crippen molar-refractivity contribution in [2.24, 2.45) is 0 Å². The predicted molar refractivity (Wildman–Crippen MR) is 160 cm³/mol. The SMILES string of the molecule is C=C(C)C(CCCCC)=C(C)C.C=C(C)c1ccc(C)cc1.C=C/C=C(/C)C=C.CC.CC. The standard InChI is InChI=1S/C12H22.C10H12.C7H10.2C2H6/c1-6-7-8-9-12(10(2)3)11(4)5;1-8(2)10-6-4-9(3)5-7-10;1-4-6-7(3)5-2;2*1-2/h2,6-9H2,1,3-5H3;4-7H,1H2,2-3H3;4-6H,1-2H2,3H3;2*1-2H3/b;;7-6-;;. The maximum Gasteiger partial charge on any atom is -0.0233 e. The van der Waals surface area contributed by atoms with Crippen LogP contribution in [0.5, 0.6) is 0 Å². The fourth-order valence-electron chi connectivity index (χ4n) is 2.53. The van der Waals surface area contributed by atoms with E-state index < -0.39 is 0 Å². The van der Waals surface area contributed by atoms with E-state index in [0.717, 1.165) is 11.1 Å². The summed E-state index contributed by atoms with van der Waals surface area (Å²) in [5, 5.41) is 0. The minimum absolute atomic E-state index is 1.13. The van der Waals surface area contributed by atoms with E-state index in [1.165, 1.54) is 53.5 Å². The summed E-state index contributed by atoms with van der Waals surface area (Å²) in [6.07, 6.45) is 10.6. The number of benzene rings is 1. The van der Waals surface area contributed by atoms with E-state index in [-0.39, 0.29) is 0 Å². The van der Waals surface area contributed by atoms with E-state index in [9.17, 15) is 0 Å². The molecule has 33 heavy (non-hydrogen) atoms. The van der Waals surface area contributed by atoms with Crippen molar-refractivity contribution in [1.29, 1.82) is 0 Å². The second-order valence-electron chi connectivity index (χ2n) is 7.71. The predicted octanol–water partition coefficient (Wildman–Crippen LogP) is 11.9. The Labute approximate surface area is 209 Å². The van der Waals surface area contributed by atoms with Gasteiger partial charge in [-0.25, -0.2) is 0 Å². The second kappa shape index (κ2) is 27.7. The van der Waals surface area contributed by atoms with Crippen molar-refractivity contribution in [3.05, 3.63) is 102 Å². The molecule has 0 unspecified atom stereocenters. The molecule has 0 radical (unpaired) electrons. The lowest BCUT2D eigenvalue weighted by Gasteiger charge is -2.08. The molecule has 0 spiro atoms. The van der Waals surface area contributed by atoms with Gasteiger partial charge in [-0.15, -0.1) is 0 Å². The third-order valence-corrected chi connectivity index (χ3v) is 4.40. The molecule has 0 atom stereocenters. The summed E-state index contributed by atoms with van der Waals surface area (Å²) in [4.78, 5) is 0. The lowest BCUT2D eigenvalue weighted by molar-refractivity contribution is 0.712. The first-order chi connectivity index (χ1) is 15.6. The van der Waals surface area contributed by atoms with E-state index in [0.29, 0.717) is 0 Å². The number of aryl methyl sites for hydroxylation is 1. The van der Waals surface area contributed by atoms with Crippen molar-refractivity contribution in [3.63, 3.8) is 0 Å². The van der Waals surface area contributed by atoms with Crippen LogP contribution in [0.3, 0.4) is 0 Å². The quantitative estimate of drug-likeness (QED) is 0.272. The molecule has 0 nitrogen and oxygen atoms in total. The molecule has 0 heteroatoms. The lowest BCUT2D eigenvalue weighted by Crippen LogP contribution is -1.88. The van der Waals surface area contributed by atoms with Crippen LogP contribution < -0.4 is 0 Å². The zero-order valence-corrected chi connectivity index (χ0v) is 24.2. The minimum Gasteiger partial charge on any atom is -0.0991 e. The largest absolute Gasteiger partial charge is 0.0991 e. The molecule has 0 saturated heterocycles. The minimum atomic E-state index is 1.13. The van der Waals surface area contributed by atoms with Gasteiger partial charge in [0.15, 0.2) is 0 Å². The third-order valence-electron chi connectivity index (χ3n) is 4.40. The molecule has 188 valence electrons. The van der Waals surface area contributed by atoms with E-state index >= 15 is 0 Å². The van der Waals surface area contributed by atoms with Gasteiger partial charge >= 0.3 is 0 Å². The molecule has 0 aliphatic rings. The Bertz CT molecular complexity index is 686. The molecule has 0 aliphatic carbocycles. The Morgan fingerprint density at radius 1 is 0.818 bits per heavy atom. The summed E-state index contributed by atoms with van der Waals surface area (Å²) < 4.78 is 0. The Morgan fingerprint density at radius 2 is 1.30 bits per heavy atom. The summed E-state index contributed by atoms with van der Waals surface area (Å²) in [6, 6.07) is 8.39. The number of unbranched alkanes of at least 4 members (excludes halogenated alkanes) is 2. The molecular formula is C33H56. The topological polar surface area (TPSA) is 0 Å². The van der Waals surface area contributed by atoms with Gasteiger partial charge < -0.3 is 0 Å². The average Bonchev–Trinajstić information content (AvgIpc) is 2.80. The Balaban J connectivity index is -0.000000182. The number of rotatable bonds is 8. The van der Waals surface area contributed by atoms with Crippen molar-refractivity contribution >= 4 is 5.57 Å². The smallest absolute Gasteiger partial charge is 0.0233 e. The lowest BCUT2D eigenvalue weighted by atomic mass is 9.98. The summed E-state index contributed by atoms with van der Waals surface area (Å²) in [5.74, 6) is 0. The van der Waals surface area contributed by atoms with Gasteiger partial charge in [0.05, 0.1) is 0 Å². The highest BCUT2D eigenvalue weighted by atomic mass is 14.1.